The standard InChI is InChI=1S/C14H13FOS/c1-11-4-2-5-12(8-11)10-17(16)14-7-3-6-13(15)9-14/h2-9H,10H2,1H3. The van der Waals surface area contributed by atoms with Gasteiger partial charge in [-0.15, -0.1) is 0 Å². The Kier molecular flexibility index (Phi) is 3.69. The van der Waals surface area contributed by atoms with E-state index in [0.29, 0.717) is 10.6 Å². The quantitative estimate of drug-likeness (QED) is 0.813. The molecule has 0 aliphatic rings. The second kappa shape index (κ2) is 5.23. The van der Waals surface area contributed by atoms with Gasteiger partial charge in [0.25, 0.3) is 0 Å². The highest BCUT2D eigenvalue weighted by atomic mass is 32.2. The molecule has 0 amide bonds. The van der Waals surface area contributed by atoms with Crippen LogP contribution in [-0.4, -0.2) is 4.21 Å². The molecular formula is C14H13FOS. The van der Waals surface area contributed by atoms with E-state index in [0.717, 1.165) is 11.1 Å². The van der Waals surface area contributed by atoms with Gasteiger partial charge >= 0.3 is 0 Å². The Morgan fingerprint density at radius 1 is 1.12 bits per heavy atom. The number of rotatable bonds is 3. The minimum absolute atomic E-state index is 0.347. The van der Waals surface area contributed by atoms with Crippen molar-refractivity contribution in [1.82, 2.24) is 0 Å². The summed E-state index contributed by atoms with van der Waals surface area (Å²) >= 11 is 0. The van der Waals surface area contributed by atoms with Crippen LogP contribution >= 0.6 is 0 Å². The SMILES string of the molecule is Cc1cccc(CS(=O)c2cccc(F)c2)c1. The van der Waals surface area contributed by atoms with Crippen LogP contribution in [0.25, 0.3) is 0 Å². The van der Waals surface area contributed by atoms with Gasteiger partial charge in [-0.25, -0.2) is 4.39 Å². The molecule has 0 fully saturated rings. The number of halogens is 1. The lowest BCUT2D eigenvalue weighted by Gasteiger charge is -2.03. The molecule has 0 spiro atoms. The molecule has 17 heavy (non-hydrogen) atoms. The monoisotopic (exact) mass is 248 g/mol. The van der Waals surface area contributed by atoms with Gasteiger partial charge in [0, 0.05) is 4.90 Å². The molecule has 2 aromatic rings. The van der Waals surface area contributed by atoms with Crippen LogP contribution < -0.4 is 0 Å². The van der Waals surface area contributed by atoms with Crippen molar-refractivity contribution in [3.8, 4) is 0 Å². The van der Waals surface area contributed by atoms with Crippen molar-refractivity contribution >= 4 is 10.8 Å². The average molecular weight is 248 g/mol. The molecule has 1 atom stereocenters. The molecule has 2 aromatic carbocycles. The number of hydrogen-bond acceptors (Lipinski definition) is 1. The van der Waals surface area contributed by atoms with Crippen molar-refractivity contribution in [2.24, 2.45) is 0 Å². The molecule has 0 saturated heterocycles. The van der Waals surface area contributed by atoms with Crippen molar-refractivity contribution in [1.29, 1.82) is 0 Å². The molecular weight excluding hydrogens is 235 g/mol. The van der Waals surface area contributed by atoms with Gasteiger partial charge in [-0.05, 0) is 30.7 Å². The van der Waals surface area contributed by atoms with E-state index in [-0.39, 0.29) is 5.82 Å². The Bertz CT molecular complexity index is 551. The number of aryl methyl sites for hydroxylation is 1. The molecule has 0 aliphatic heterocycles. The van der Waals surface area contributed by atoms with E-state index in [1.807, 2.05) is 31.2 Å². The smallest absolute Gasteiger partial charge is 0.124 e. The van der Waals surface area contributed by atoms with Gasteiger partial charge in [0.2, 0.25) is 0 Å². The van der Waals surface area contributed by atoms with Gasteiger partial charge in [-0.2, -0.15) is 0 Å². The Morgan fingerprint density at radius 2 is 1.88 bits per heavy atom. The summed E-state index contributed by atoms with van der Waals surface area (Å²) in [6.07, 6.45) is 0. The van der Waals surface area contributed by atoms with Crippen molar-refractivity contribution in [2.75, 3.05) is 0 Å². The van der Waals surface area contributed by atoms with Gasteiger partial charge in [0.15, 0.2) is 0 Å². The number of benzene rings is 2. The van der Waals surface area contributed by atoms with Crippen LogP contribution in [0, 0.1) is 12.7 Å². The van der Waals surface area contributed by atoms with Gasteiger partial charge < -0.3 is 0 Å². The molecule has 0 radical (unpaired) electrons. The summed E-state index contributed by atoms with van der Waals surface area (Å²) in [6, 6.07) is 13.8. The van der Waals surface area contributed by atoms with Crippen molar-refractivity contribution in [3.63, 3.8) is 0 Å². The molecule has 0 saturated carbocycles. The summed E-state index contributed by atoms with van der Waals surface area (Å²) < 4.78 is 25.0. The molecule has 2 rings (SSSR count). The largest absolute Gasteiger partial charge is 0.254 e. The van der Waals surface area contributed by atoms with Gasteiger partial charge in [-0.1, -0.05) is 35.9 Å². The highest BCUT2D eigenvalue weighted by Gasteiger charge is 2.06. The molecule has 0 aromatic heterocycles. The summed E-state index contributed by atoms with van der Waals surface area (Å²) in [5.41, 5.74) is 2.14. The zero-order valence-corrected chi connectivity index (χ0v) is 10.3. The van der Waals surface area contributed by atoms with Crippen LogP contribution in [0.1, 0.15) is 11.1 Å². The lowest BCUT2D eigenvalue weighted by molar-refractivity contribution is 0.622. The number of hydrogen-bond donors (Lipinski definition) is 0. The van der Waals surface area contributed by atoms with Crippen LogP contribution in [0.15, 0.2) is 53.4 Å². The second-order valence-corrected chi connectivity index (χ2v) is 5.39. The topological polar surface area (TPSA) is 17.1 Å². The van der Waals surface area contributed by atoms with Crippen molar-refractivity contribution < 1.29 is 8.60 Å². The molecule has 3 heteroatoms. The minimum atomic E-state index is -1.19. The third-order valence-corrected chi connectivity index (χ3v) is 3.81. The summed E-state index contributed by atoms with van der Waals surface area (Å²) in [6.45, 7) is 1.99. The maximum absolute atomic E-state index is 13.0. The summed E-state index contributed by atoms with van der Waals surface area (Å²) in [4.78, 5) is 0.534. The highest BCUT2D eigenvalue weighted by molar-refractivity contribution is 7.84. The molecule has 88 valence electrons. The fourth-order valence-corrected chi connectivity index (χ4v) is 2.77. The highest BCUT2D eigenvalue weighted by Crippen LogP contribution is 2.14. The van der Waals surface area contributed by atoms with Crippen LogP contribution in [0.2, 0.25) is 0 Å². The molecule has 1 unspecified atom stereocenters. The molecule has 0 aliphatic carbocycles. The zero-order valence-electron chi connectivity index (χ0n) is 9.52. The van der Waals surface area contributed by atoms with E-state index in [4.69, 9.17) is 0 Å². The molecule has 0 bridgehead atoms. The van der Waals surface area contributed by atoms with Gasteiger partial charge in [0.1, 0.15) is 5.82 Å². The Hall–Kier alpha value is -1.48. The van der Waals surface area contributed by atoms with E-state index in [1.165, 1.54) is 12.1 Å². The summed E-state index contributed by atoms with van der Waals surface area (Å²) in [5.74, 6) is 0.0746. The summed E-state index contributed by atoms with van der Waals surface area (Å²) in [7, 11) is -1.19. The first-order valence-corrected chi connectivity index (χ1v) is 6.66. The van der Waals surface area contributed by atoms with E-state index < -0.39 is 10.8 Å². The van der Waals surface area contributed by atoms with E-state index in [9.17, 15) is 8.60 Å². The van der Waals surface area contributed by atoms with Crippen molar-refractivity contribution in [3.05, 3.63) is 65.5 Å². The zero-order chi connectivity index (χ0) is 12.3. The van der Waals surface area contributed by atoms with Crippen LogP contribution in [0.4, 0.5) is 4.39 Å². The first-order valence-electron chi connectivity index (χ1n) is 5.34. The fraction of sp³-hybridized carbons (Fsp3) is 0.143. The molecule has 0 heterocycles. The molecule has 0 N–H and O–H groups in total. The van der Waals surface area contributed by atoms with Gasteiger partial charge in [0.05, 0.1) is 16.6 Å². The fourth-order valence-electron chi connectivity index (χ4n) is 1.65. The normalized spacial score (nSPS) is 12.4. The third-order valence-electron chi connectivity index (χ3n) is 2.44. The average Bonchev–Trinajstić information content (AvgIpc) is 2.29. The first-order chi connectivity index (χ1) is 8.15. The maximum Gasteiger partial charge on any atom is 0.124 e. The Labute approximate surface area is 103 Å². The molecule has 1 nitrogen and oxygen atoms in total. The predicted octanol–water partition coefficient (Wildman–Crippen LogP) is 3.44. The third kappa shape index (κ3) is 3.24. The van der Waals surface area contributed by atoms with E-state index >= 15 is 0 Å². The van der Waals surface area contributed by atoms with E-state index in [2.05, 4.69) is 0 Å². The Balaban J connectivity index is 2.17. The van der Waals surface area contributed by atoms with Crippen molar-refractivity contribution in [2.45, 2.75) is 17.6 Å². The Morgan fingerprint density at radius 3 is 2.59 bits per heavy atom. The van der Waals surface area contributed by atoms with Gasteiger partial charge in [-0.3, -0.25) is 4.21 Å². The van der Waals surface area contributed by atoms with Crippen LogP contribution in [0.3, 0.4) is 0 Å². The lowest BCUT2D eigenvalue weighted by Crippen LogP contribution is -1.97. The minimum Gasteiger partial charge on any atom is -0.254 e. The first kappa shape index (κ1) is 12.0. The van der Waals surface area contributed by atoms with Crippen LogP contribution in [-0.2, 0) is 16.6 Å². The lowest BCUT2D eigenvalue weighted by atomic mass is 10.2. The maximum atomic E-state index is 13.0. The second-order valence-electron chi connectivity index (χ2n) is 3.94. The van der Waals surface area contributed by atoms with Crippen LogP contribution in [0.5, 0.6) is 0 Å². The van der Waals surface area contributed by atoms with E-state index in [1.54, 1.807) is 12.1 Å². The summed E-state index contributed by atoms with van der Waals surface area (Å²) in [5, 5.41) is 0. The predicted molar refractivity (Wildman–Crippen MR) is 67.7 cm³/mol.